The van der Waals surface area contributed by atoms with Crippen molar-refractivity contribution in [1.82, 2.24) is 4.90 Å². The van der Waals surface area contributed by atoms with E-state index in [1.54, 1.807) is 17.0 Å². The van der Waals surface area contributed by atoms with Crippen molar-refractivity contribution < 1.29 is 9.53 Å². The van der Waals surface area contributed by atoms with E-state index in [2.05, 4.69) is 0 Å². The number of ether oxygens (including phenoxy) is 1. The number of carbonyl (C=O) groups excluding carboxylic acids is 1. The third kappa shape index (κ3) is 4.12. The highest BCUT2D eigenvalue weighted by atomic mass is 35.5. The molecule has 0 bridgehead atoms. The van der Waals surface area contributed by atoms with Crippen LogP contribution < -0.4 is 10.5 Å². The lowest BCUT2D eigenvalue weighted by Crippen LogP contribution is -2.35. The van der Waals surface area contributed by atoms with Gasteiger partial charge in [-0.2, -0.15) is 0 Å². The topological polar surface area (TPSA) is 55.6 Å². The summed E-state index contributed by atoms with van der Waals surface area (Å²) in [6.07, 6.45) is 2.65. The highest BCUT2D eigenvalue weighted by molar-refractivity contribution is 6.30. The first kappa shape index (κ1) is 15.1. The summed E-state index contributed by atoms with van der Waals surface area (Å²) in [5, 5.41) is 0.645. The zero-order valence-electron chi connectivity index (χ0n) is 11.7. The van der Waals surface area contributed by atoms with Crippen molar-refractivity contribution in [3.05, 3.63) is 29.3 Å². The first-order valence-corrected chi connectivity index (χ1v) is 7.33. The van der Waals surface area contributed by atoms with Gasteiger partial charge in [0.15, 0.2) is 0 Å². The molecule has 5 heteroatoms. The molecule has 1 aromatic rings. The average Bonchev–Trinajstić information content (AvgIpc) is 2.84. The molecule has 1 amide bonds. The summed E-state index contributed by atoms with van der Waals surface area (Å²) in [6, 6.07) is 7.43. The van der Waals surface area contributed by atoms with Crippen LogP contribution in [0.5, 0.6) is 5.75 Å². The van der Waals surface area contributed by atoms with Gasteiger partial charge >= 0.3 is 0 Å². The molecule has 0 spiro atoms. The number of hydrogen-bond donors (Lipinski definition) is 1. The largest absolute Gasteiger partial charge is 0.492 e. The highest BCUT2D eigenvalue weighted by Crippen LogP contribution is 2.25. The SMILES string of the molecule is CN(CCOc1cccc(Cl)c1)C(=O)C1CCC(N)C1. The molecule has 1 aliphatic rings. The Morgan fingerprint density at radius 3 is 2.95 bits per heavy atom. The Hall–Kier alpha value is -1.26. The van der Waals surface area contributed by atoms with Crippen molar-refractivity contribution in [3.63, 3.8) is 0 Å². The second-order valence-corrected chi connectivity index (χ2v) is 5.77. The van der Waals surface area contributed by atoms with Gasteiger partial charge in [0.2, 0.25) is 5.91 Å². The van der Waals surface area contributed by atoms with Gasteiger partial charge in [-0.1, -0.05) is 17.7 Å². The molecule has 110 valence electrons. The zero-order chi connectivity index (χ0) is 14.5. The van der Waals surface area contributed by atoms with Crippen molar-refractivity contribution in [2.75, 3.05) is 20.2 Å². The minimum absolute atomic E-state index is 0.0844. The van der Waals surface area contributed by atoms with Crippen LogP contribution >= 0.6 is 11.6 Å². The van der Waals surface area contributed by atoms with Gasteiger partial charge < -0.3 is 15.4 Å². The van der Waals surface area contributed by atoms with Crippen molar-refractivity contribution in [2.24, 2.45) is 11.7 Å². The Morgan fingerprint density at radius 1 is 1.50 bits per heavy atom. The molecule has 2 unspecified atom stereocenters. The molecule has 2 atom stereocenters. The Labute approximate surface area is 124 Å². The summed E-state index contributed by atoms with van der Waals surface area (Å²) < 4.78 is 5.59. The molecule has 1 saturated carbocycles. The maximum absolute atomic E-state index is 12.2. The number of carbonyl (C=O) groups is 1. The first-order valence-electron chi connectivity index (χ1n) is 6.95. The highest BCUT2D eigenvalue weighted by Gasteiger charge is 2.29. The van der Waals surface area contributed by atoms with Crippen LogP contribution in [0.3, 0.4) is 0 Å². The van der Waals surface area contributed by atoms with Gasteiger partial charge in [0.25, 0.3) is 0 Å². The summed E-state index contributed by atoms with van der Waals surface area (Å²) in [6.45, 7) is 1.03. The first-order chi connectivity index (χ1) is 9.56. The minimum Gasteiger partial charge on any atom is -0.492 e. The molecule has 4 nitrogen and oxygen atoms in total. The Morgan fingerprint density at radius 2 is 2.30 bits per heavy atom. The van der Waals surface area contributed by atoms with Crippen LogP contribution in [0.1, 0.15) is 19.3 Å². The molecular formula is C15H21ClN2O2. The Bertz CT molecular complexity index is 467. The maximum atomic E-state index is 12.2. The molecule has 1 aromatic carbocycles. The molecule has 0 saturated heterocycles. The van der Waals surface area contributed by atoms with Crippen LogP contribution in [0, 0.1) is 5.92 Å². The molecule has 2 rings (SSSR count). The van der Waals surface area contributed by atoms with Gasteiger partial charge in [-0.3, -0.25) is 4.79 Å². The third-order valence-corrected chi connectivity index (χ3v) is 3.93. The minimum atomic E-state index is 0.0844. The fourth-order valence-electron chi connectivity index (χ4n) is 2.52. The van der Waals surface area contributed by atoms with Crippen LogP contribution in [0.25, 0.3) is 0 Å². The average molecular weight is 297 g/mol. The second-order valence-electron chi connectivity index (χ2n) is 5.34. The second kappa shape index (κ2) is 6.95. The summed E-state index contributed by atoms with van der Waals surface area (Å²) in [5.74, 6) is 0.982. The number of benzene rings is 1. The van der Waals surface area contributed by atoms with Crippen LogP contribution in [0.2, 0.25) is 5.02 Å². The van der Waals surface area contributed by atoms with Crippen molar-refractivity contribution in [3.8, 4) is 5.75 Å². The fraction of sp³-hybridized carbons (Fsp3) is 0.533. The zero-order valence-corrected chi connectivity index (χ0v) is 12.5. The fourth-order valence-corrected chi connectivity index (χ4v) is 2.70. The van der Waals surface area contributed by atoms with E-state index >= 15 is 0 Å². The van der Waals surface area contributed by atoms with E-state index in [0.29, 0.717) is 18.2 Å². The lowest BCUT2D eigenvalue weighted by atomic mass is 10.1. The van der Waals surface area contributed by atoms with E-state index in [-0.39, 0.29) is 17.9 Å². The molecule has 20 heavy (non-hydrogen) atoms. The number of nitrogens with two attached hydrogens (primary N) is 1. The Balaban J connectivity index is 1.74. The van der Waals surface area contributed by atoms with E-state index in [0.717, 1.165) is 25.0 Å². The molecule has 0 aromatic heterocycles. The van der Waals surface area contributed by atoms with E-state index < -0.39 is 0 Å². The van der Waals surface area contributed by atoms with Gasteiger partial charge in [0.05, 0.1) is 6.54 Å². The number of likely N-dealkylation sites (N-methyl/N-ethyl adjacent to an activating group) is 1. The van der Waals surface area contributed by atoms with Crippen LogP contribution in [-0.4, -0.2) is 37.0 Å². The molecule has 1 aliphatic carbocycles. The molecule has 1 fully saturated rings. The van der Waals surface area contributed by atoms with E-state index in [4.69, 9.17) is 22.1 Å². The number of halogens is 1. The standard InChI is InChI=1S/C15H21ClN2O2/c1-18(15(19)11-5-6-13(17)9-11)7-8-20-14-4-2-3-12(16)10-14/h2-4,10-11,13H,5-9,17H2,1H3. The van der Waals surface area contributed by atoms with E-state index in [1.807, 2.05) is 19.2 Å². The predicted octanol–water partition coefficient (Wildman–Crippen LogP) is 2.30. The van der Waals surface area contributed by atoms with Crippen LogP contribution in [-0.2, 0) is 4.79 Å². The molecular weight excluding hydrogens is 276 g/mol. The summed E-state index contributed by atoms with van der Waals surface area (Å²) in [5.41, 5.74) is 5.85. The number of amides is 1. The van der Waals surface area contributed by atoms with E-state index in [9.17, 15) is 4.79 Å². The quantitative estimate of drug-likeness (QED) is 0.907. The molecule has 0 radical (unpaired) electrons. The van der Waals surface area contributed by atoms with Gasteiger partial charge in [0, 0.05) is 24.0 Å². The van der Waals surface area contributed by atoms with Crippen molar-refractivity contribution in [1.29, 1.82) is 0 Å². The van der Waals surface area contributed by atoms with Gasteiger partial charge in [0.1, 0.15) is 12.4 Å². The summed E-state index contributed by atoms with van der Waals surface area (Å²) in [7, 11) is 1.81. The van der Waals surface area contributed by atoms with Crippen molar-refractivity contribution in [2.45, 2.75) is 25.3 Å². The molecule has 0 heterocycles. The van der Waals surface area contributed by atoms with Gasteiger partial charge in [-0.15, -0.1) is 0 Å². The smallest absolute Gasteiger partial charge is 0.225 e. The van der Waals surface area contributed by atoms with E-state index in [1.165, 1.54) is 0 Å². The third-order valence-electron chi connectivity index (χ3n) is 3.69. The normalized spacial score (nSPS) is 21.8. The van der Waals surface area contributed by atoms with Gasteiger partial charge in [-0.05, 0) is 37.5 Å². The predicted molar refractivity (Wildman–Crippen MR) is 79.9 cm³/mol. The number of hydrogen-bond acceptors (Lipinski definition) is 3. The van der Waals surface area contributed by atoms with Gasteiger partial charge in [-0.25, -0.2) is 0 Å². The Kier molecular flexibility index (Phi) is 5.26. The monoisotopic (exact) mass is 296 g/mol. The van der Waals surface area contributed by atoms with Crippen LogP contribution in [0.15, 0.2) is 24.3 Å². The lowest BCUT2D eigenvalue weighted by Gasteiger charge is -2.21. The summed E-state index contributed by atoms with van der Waals surface area (Å²) >= 11 is 5.88. The van der Waals surface area contributed by atoms with Crippen LogP contribution in [0.4, 0.5) is 0 Å². The lowest BCUT2D eigenvalue weighted by molar-refractivity contribution is -0.134. The maximum Gasteiger partial charge on any atom is 0.225 e. The number of rotatable bonds is 5. The van der Waals surface area contributed by atoms with Crippen molar-refractivity contribution >= 4 is 17.5 Å². The molecule has 0 aliphatic heterocycles. The summed E-state index contributed by atoms with van der Waals surface area (Å²) in [4.78, 5) is 13.9. The molecule has 2 N–H and O–H groups in total. The number of nitrogens with zero attached hydrogens (tertiary/aromatic N) is 1.